The van der Waals surface area contributed by atoms with Crippen molar-refractivity contribution in [2.75, 3.05) is 23.8 Å². The van der Waals surface area contributed by atoms with E-state index in [0.29, 0.717) is 0 Å². The summed E-state index contributed by atoms with van der Waals surface area (Å²) in [5.74, 6) is 4.65. The van der Waals surface area contributed by atoms with Gasteiger partial charge in [-0.05, 0) is 44.1 Å². The minimum absolute atomic E-state index is 0.242. The molecule has 0 aromatic carbocycles. The number of hydrogen-bond acceptors (Lipinski definition) is 3. The molecule has 0 amide bonds. The zero-order valence-corrected chi connectivity index (χ0v) is 11.2. The highest BCUT2D eigenvalue weighted by Crippen LogP contribution is 2.25. The second kappa shape index (κ2) is 5.00. The first-order chi connectivity index (χ1) is 7.16. The minimum Gasteiger partial charge on any atom is -0.359 e. The highest BCUT2D eigenvalue weighted by atomic mass is 32.2. The van der Waals surface area contributed by atoms with Gasteiger partial charge in [0.15, 0.2) is 5.17 Å². The number of amidine groups is 1. The van der Waals surface area contributed by atoms with Crippen molar-refractivity contribution in [2.24, 2.45) is 10.9 Å². The maximum Gasteiger partial charge on any atom is 0.157 e. The van der Waals surface area contributed by atoms with Crippen molar-refractivity contribution in [3.8, 4) is 0 Å². The summed E-state index contributed by atoms with van der Waals surface area (Å²) in [6.07, 6.45) is 2.71. The summed E-state index contributed by atoms with van der Waals surface area (Å²) in [5, 5.41) is 4.64. The molecular weight excluding hydrogens is 224 g/mol. The van der Waals surface area contributed by atoms with Crippen LogP contribution in [-0.2, 0) is 0 Å². The van der Waals surface area contributed by atoms with Gasteiger partial charge in [0.2, 0.25) is 0 Å². The molecule has 1 N–H and O–H groups in total. The molecule has 0 aromatic rings. The number of hydrogen-bond donors (Lipinski definition) is 1. The summed E-state index contributed by atoms with van der Waals surface area (Å²) in [5.41, 5.74) is 0.242. The van der Waals surface area contributed by atoms with E-state index in [9.17, 15) is 0 Å². The van der Waals surface area contributed by atoms with Crippen LogP contribution in [0.2, 0.25) is 0 Å². The molecule has 0 unspecified atom stereocenters. The van der Waals surface area contributed by atoms with Crippen LogP contribution in [0.25, 0.3) is 0 Å². The lowest BCUT2D eigenvalue weighted by atomic mass is 10.0. The van der Waals surface area contributed by atoms with Gasteiger partial charge in [-0.3, -0.25) is 4.99 Å². The highest BCUT2D eigenvalue weighted by Gasteiger charge is 2.27. The number of nitrogens with one attached hydrogen (secondary N) is 1. The van der Waals surface area contributed by atoms with Gasteiger partial charge in [-0.1, -0.05) is 11.8 Å². The Kier molecular flexibility index (Phi) is 3.88. The summed E-state index contributed by atoms with van der Waals surface area (Å²) in [7, 11) is 0. The predicted molar refractivity (Wildman–Crippen MR) is 72.0 cm³/mol. The van der Waals surface area contributed by atoms with Gasteiger partial charge >= 0.3 is 0 Å². The molecule has 0 radical (unpaired) electrons. The fraction of sp³-hybridized carbons (Fsp3) is 0.909. The van der Waals surface area contributed by atoms with Crippen LogP contribution in [0.15, 0.2) is 4.99 Å². The summed E-state index contributed by atoms with van der Waals surface area (Å²) in [4.78, 5) is 4.70. The molecule has 0 saturated carbocycles. The Morgan fingerprint density at radius 1 is 1.40 bits per heavy atom. The average molecular weight is 244 g/mol. The summed E-state index contributed by atoms with van der Waals surface area (Å²) >= 11 is 3.96. The van der Waals surface area contributed by atoms with Crippen molar-refractivity contribution in [3.63, 3.8) is 0 Å². The van der Waals surface area contributed by atoms with Crippen LogP contribution in [0.4, 0.5) is 0 Å². The first-order valence-electron chi connectivity index (χ1n) is 5.69. The van der Waals surface area contributed by atoms with Crippen molar-refractivity contribution >= 4 is 28.7 Å². The smallest absolute Gasteiger partial charge is 0.157 e. The Balaban J connectivity index is 1.79. The molecular formula is C11H20N2S2. The SMILES string of the molecule is CC1(C)CSC(=NCC2CCSCC2)N1. The predicted octanol–water partition coefficient (Wildman–Crippen LogP) is 2.60. The summed E-state index contributed by atoms with van der Waals surface area (Å²) in [6, 6.07) is 0. The normalized spacial score (nSPS) is 29.3. The minimum atomic E-state index is 0.242. The molecule has 2 rings (SSSR count). The molecule has 15 heavy (non-hydrogen) atoms. The van der Waals surface area contributed by atoms with Gasteiger partial charge in [-0.2, -0.15) is 11.8 Å². The van der Waals surface area contributed by atoms with Gasteiger partial charge in [-0.25, -0.2) is 0 Å². The first-order valence-corrected chi connectivity index (χ1v) is 7.83. The van der Waals surface area contributed by atoms with E-state index in [1.807, 2.05) is 11.8 Å². The summed E-state index contributed by atoms with van der Waals surface area (Å²) < 4.78 is 0. The van der Waals surface area contributed by atoms with E-state index in [1.54, 1.807) is 0 Å². The molecule has 0 aliphatic carbocycles. The second-order valence-electron chi connectivity index (χ2n) is 5.00. The Morgan fingerprint density at radius 3 is 2.73 bits per heavy atom. The van der Waals surface area contributed by atoms with Crippen molar-refractivity contribution in [1.82, 2.24) is 5.32 Å². The number of aliphatic imine (C=N–C) groups is 1. The third-order valence-electron chi connectivity index (χ3n) is 2.85. The maximum atomic E-state index is 4.70. The molecule has 2 heterocycles. The van der Waals surface area contributed by atoms with E-state index < -0.39 is 0 Å². The topological polar surface area (TPSA) is 24.4 Å². The van der Waals surface area contributed by atoms with Gasteiger partial charge in [0.05, 0.1) is 0 Å². The van der Waals surface area contributed by atoms with Crippen LogP contribution in [0.3, 0.4) is 0 Å². The molecule has 86 valence electrons. The Labute approximate surface area is 101 Å². The molecule has 2 aliphatic heterocycles. The zero-order valence-electron chi connectivity index (χ0n) is 9.58. The average Bonchev–Trinajstić information content (AvgIpc) is 2.57. The third kappa shape index (κ3) is 3.59. The molecule has 2 aliphatic rings. The van der Waals surface area contributed by atoms with E-state index in [-0.39, 0.29) is 5.54 Å². The standard InChI is InChI=1S/C11H20N2S2/c1-11(2)8-15-10(13-11)12-7-9-3-5-14-6-4-9/h9H,3-8H2,1-2H3,(H,12,13). The third-order valence-corrected chi connectivity index (χ3v) is 5.27. The fourth-order valence-electron chi connectivity index (χ4n) is 1.84. The molecule has 2 nitrogen and oxygen atoms in total. The van der Waals surface area contributed by atoms with Crippen LogP contribution in [0.1, 0.15) is 26.7 Å². The lowest BCUT2D eigenvalue weighted by Crippen LogP contribution is -2.37. The Bertz CT molecular complexity index is 245. The Hall–Kier alpha value is 0.170. The molecule has 0 bridgehead atoms. The molecule has 0 aromatic heterocycles. The van der Waals surface area contributed by atoms with Crippen molar-refractivity contribution in [1.29, 1.82) is 0 Å². The van der Waals surface area contributed by atoms with E-state index in [1.165, 1.54) is 29.5 Å². The van der Waals surface area contributed by atoms with Crippen LogP contribution in [0, 0.1) is 5.92 Å². The molecule has 0 atom stereocenters. The highest BCUT2D eigenvalue weighted by molar-refractivity contribution is 8.14. The second-order valence-corrected chi connectivity index (χ2v) is 7.19. The number of thioether (sulfide) groups is 2. The van der Waals surface area contributed by atoms with Crippen LogP contribution in [-0.4, -0.2) is 34.5 Å². The number of nitrogens with zero attached hydrogens (tertiary/aromatic N) is 1. The van der Waals surface area contributed by atoms with Crippen molar-refractivity contribution < 1.29 is 0 Å². The van der Waals surface area contributed by atoms with Gasteiger partial charge in [-0.15, -0.1) is 0 Å². The molecule has 0 spiro atoms. The maximum absolute atomic E-state index is 4.70. The quantitative estimate of drug-likeness (QED) is 0.808. The zero-order chi connectivity index (χ0) is 10.7. The molecule has 2 fully saturated rings. The van der Waals surface area contributed by atoms with Gasteiger partial charge in [0, 0.05) is 17.8 Å². The van der Waals surface area contributed by atoms with Gasteiger partial charge in [0.25, 0.3) is 0 Å². The van der Waals surface area contributed by atoms with Gasteiger partial charge in [0.1, 0.15) is 0 Å². The van der Waals surface area contributed by atoms with E-state index in [4.69, 9.17) is 4.99 Å². The molecule has 2 saturated heterocycles. The van der Waals surface area contributed by atoms with E-state index in [0.717, 1.165) is 18.2 Å². The largest absolute Gasteiger partial charge is 0.359 e. The summed E-state index contributed by atoms with van der Waals surface area (Å²) in [6.45, 7) is 5.51. The number of rotatable bonds is 2. The van der Waals surface area contributed by atoms with E-state index in [2.05, 4.69) is 30.9 Å². The van der Waals surface area contributed by atoms with Crippen molar-refractivity contribution in [2.45, 2.75) is 32.2 Å². The monoisotopic (exact) mass is 244 g/mol. The fourth-order valence-corrected chi connectivity index (χ4v) is 4.12. The molecule has 4 heteroatoms. The lowest BCUT2D eigenvalue weighted by Gasteiger charge is -2.20. The first kappa shape index (κ1) is 11.6. The van der Waals surface area contributed by atoms with E-state index >= 15 is 0 Å². The van der Waals surface area contributed by atoms with Crippen LogP contribution < -0.4 is 5.32 Å². The van der Waals surface area contributed by atoms with Gasteiger partial charge < -0.3 is 5.32 Å². The Morgan fingerprint density at radius 2 is 2.13 bits per heavy atom. The van der Waals surface area contributed by atoms with Crippen LogP contribution >= 0.6 is 23.5 Å². The van der Waals surface area contributed by atoms with Crippen LogP contribution in [0.5, 0.6) is 0 Å². The van der Waals surface area contributed by atoms with Crippen molar-refractivity contribution in [3.05, 3.63) is 0 Å². The lowest BCUT2D eigenvalue weighted by molar-refractivity contribution is 0.499.